The first-order valence-corrected chi connectivity index (χ1v) is 7.77. The normalized spacial score (nSPS) is 10.2. The molecular weight excluding hydrogens is 298 g/mol. The van der Waals surface area contributed by atoms with Crippen molar-refractivity contribution in [3.8, 4) is 0 Å². The number of carbonyl (C=O) groups excluding carboxylic acids is 1. The van der Waals surface area contributed by atoms with Crippen LogP contribution in [0.4, 0.5) is 17.1 Å². The minimum Gasteiger partial charge on any atom is -0.355 e. The summed E-state index contributed by atoms with van der Waals surface area (Å²) in [6.45, 7) is 4.16. The van der Waals surface area contributed by atoms with E-state index in [1.807, 2.05) is 24.3 Å². The van der Waals surface area contributed by atoms with Gasteiger partial charge < -0.3 is 10.6 Å². The molecule has 0 aliphatic heterocycles. The van der Waals surface area contributed by atoms with E-state index in [0.717, 1.165) is 17.1 Å². The predicted molar refractivity (Wildman–Crippen MR) is 97.8 cm³/mol. The lowest BCUT2D eigenvalue weighted by Gasteiger charge is -2.11. The molecule has 0 aliphatic carbocycles. The van der Waals surface area contributed by atoms with Gasteiger partial charge in [0.25, 0.3) is 5.91 Å². The van der Waals surface area contributed by atoms with E-state index in [-0.39, 0.29) is 5.91 Å². The molecule has 1 aromatic heterocycles. The summed E-state index contributed by atoms with van der Waals surface area (Å²) in [6.07, 6.45) is 3.19. The van der Waals surface area contributed by atoms with Crippen LogP contribution in [0.1, 0.15) is 21.5 Å². The van der Waals surface area contributed by atoms with Crippen molar-refractivity contribution in [1.82, 2.24) is 4.98 Å². The first-order valence-electron chi connectivity index (χ1n) is 7.77. The summed E-state index contributed by atoms with van der Waals surface area (Å²) >= 11 is 0. The molecular formula is C20H19N3O. The summed E-state index contributed by atoms with van der Waals surface area (Å²) < 4.78 is 0. The number of aryl methyl sites for hydroxylation is 2. The number of benzene rings is 2. The number of pyridine rings is 1. The zero-order valence-electron chi connectivity index (χ0n) is 13.7. The van der Waals surface area contributed by atoms with Crippen molar-refractivity contribution >= 4 is 23.0 Å². The average Bonchev–Trinajstić information content (AvgIpc) is 2.60. The molecule has 120 valence electrons. The van der Waals surface area contributed by atoms with Gasteiger partial charge in [-0.2, -0.15) is 0 Å². The van der Waals surface area contributed by atoms with Gasteiger partial charge in [0.05, 0.1) is 5.56 Å². The summed E-state index contributed by atoms with van der Waals surface area (Å²) in [5.74, 6) is -0.168. The lowest BCUT2D eigenvalue weighted by Crippen LogP contribution is -2.11. The number of carbonyl (C=O) groups is 1. The number of nitrogens with one attached hydrogen (secondary N) is 2. The Bertz CT molecular complexity index is 843. The second-order valence-corrected chi connectivity index (χ2v) is 5.72. The highest BCUT2D eigenvalue weighted by Crippen LogP contribution is 2.22. The first-order chi connectivity index (χ1) is 11.6. The molecule has 0 fully saturated rings. The Morgan fingerprint density at radius 1 is 0.958 bits per heavy atom. The summed E-state index contributed by atoms with van der Waals surface area (Å²) in [4.78, 5) is 16.1. The number of hydrogen-bond acceptors (Lipinski definition) is 3. The Hall–Kier alpha value is -3.14. The standard InChI is InChI=1S/C20H19N3O/c1-14-5-10-19(15(2)12-14)22-17-6-8-18(9-7-17)23-20(24)16-4-3-11-21-13-16/h3-13,22H,1-2H3,(H,23,24). The van der Waals surface area contributed by atoms with Crippen molar-refractivity contribution in [3.05, 3.63) is 83.7 Å². The average molecular weight is 317 g/mol. The largest absolute Gasteiger partial charge is 0.355 e. The summed E-state index contributed by atoms with van der Waals surface area (Å²) in [6, 6.07) is 17.4. The number of anilines is 3. The molecule has 3 rings (SSSR count). The molecule has 0 bridgehead atoms. The van der Waals surface area contributed by atoms with Gasteiger partial charge in [-0.15, -0.1) is 0 Å². The molecule has 0 atom stereocenters. The van der Waals surface area contributed by atoms with E-state index >= 15 is 0 Å². The highest BCUT2D eigenvalue weighted by Gasteiger charge is 2.06. The van der Waals surface area contributed by atoms with Crippen LogP contribution in [-0.4, -0.2) is 10.9 Å². The molecule has 0 saturated carbocycles. The molecule has 4 heteroatoms. The summed E-state index contributed by atoms with van der Waals surface area (Å²) in [5.41, 5.74) is 5.77. The van der Waals surface area contributed by atoms with Crippen molar-refractivity contribution in [3.63, 3.8) is 0 Å². The zero-order chi connectivity index (χ0) is 16.9. The third kappa shape index (κ3) is 3.79. The van der Waals surface area contributed by atoms with Crippen molar-refractivity contribution in [1.29, 1.82) is 0 Å². The maximum Gasteiger partial charge on any atom is 0.257 e. The van der Waals surface area contributed by atoms with Gasteiger partial charge >= 0.3 is 0 Å². The van der Waals surface area contributed by atoms with Crippen LogP contribution < -0.4 is 10.6 Å². The van der Waals surface area contributed by atoms with E-state index < -0.39 is 0 Å². The van der Waals surface area contributed by atoms with Gasteiger partial charge in [-0.3, -0.25) is 9.78 Å². The van der Waals surface area contributed by atoms with Crippen molar-refractivity contribution in [2.24, 2.45) is 0 Å². The van der Waals surface area contributed by atoms with Crippen LogP contribution in [0.5, 0.6) is 0 Å². The molecule has 24 heavy (non-hydrogen) atoms. The summed E-state index contributed by atoms with van der Waals surface area (Å²) in [5, 5.41) is 6.25. The Morgan fingerprint density at radius 3 is 2.38 bits per heavy atom. The predicted octanol–water partition coefficient (Wildman–Crippen LogP) is 4.69. The van der Waals surface area contributed by atoms with E-state index in [1.54, 1.807) is 24.5 Å². The molecule has 0 aliphatic rings. The maximum atomic E-state index is 12.1. The van der Waals surface area contributed by atoms with E-state index in [2.05, 4.69) is 47.7 Å². The van der Waals surface area contributed by atoms with Crippen LogP contribution in [0.25, 0.3) is 0 Å². The molecule has 0 saturated heterocycles. The number of rotatable bonds is 4. The van der Waals surface area contributed by atoms with E-state index in [9.17, 15) is 4.79 Å². The number of amides is 1. The lowest BCUT2D eigenvalue weighted by molar-refractivity contribution is 0.102. The molecule has 2 N–H and O–H groups in total. The molecule has 0 unspecified atom stereocenters. The second kappa shape index (κ2) is 6.96. The van der Waals surface area contributed by atoms with Gasteiger partial charge in [-0.25, -0.2) is 0 Å². The minimum atomic E-state index is -0.168. The zero-order valence-corrected chi connectivity index (χ0v) is 13.7. The molecule has 0 spiro atoms. The van der Waals surface area contributed by atoms with Crippen LogP contribution in [0.15, 0.2) is 67.0 Å². The topological polar surface area (TPSA) is 54.0 Å². The molecule has 1 heterocycles. The van der Waals surface area contributed by atoms with Gasteiger partial charge in [-0.05, 0) is 61.9 Å². The quantitative estimate of drug-likeness (QED) is 0.733. The highest BCUT2D eigenvalue weighted by atomic mass is 16.1. The fraction of sp³-hybridized carbons (Fsp3) is 0.100. The van der Waals surface area contributed by atoms with E-state index in [0.29, 0.717) is 5.56 Å². The number of aromatic nitrogens is 1. The van der Waals surface area contributed by atoms with Crippen molar-refractivity contribution in [2.45, 2.75) is 13.8 Å². The van der Waals surface area contributed by atoms with Crippen molar-refractivity contribution in [2.75, 3.05) is 10.6 Å². The first kappa shape index (κ1) is 15.7. The Kier molecular flexibility index (Phi) is 4.57. The molecule has 2 aromatic carbocycles. The third-order valence-electron chi connectivity index (χ3n) is 3.73. The van der Waals surface area contributed by atoms with E-state index in [4.69, 9.17) is 0 Å². The number of hydrogen-bond donors (Lipinski definition) is 2. The maximum absolute atomic E-state index is 12.1. The van der Waals surface area contributed by atoms with Crippen LogP contribution in [0.2, 0.25) is 0 Å². The van der Waals surface area contributed by atoms with Gasteiger partial charge in [-0.1, -0.05) is 17.7 Å². The SMILES string of the molecule is Cc1ccc(Nc2ccc(NC(=O)c3cccnc3)cc2)c(C)c1. The monoisotopic (exact) mass is 317 g/mol. The van der Waals surface area contributed by atoms with Gasteiger partial charge in [0, 0.05) is 29.5 Å². The van der Waals surface area contributed by atoms with Gasteiger partial charge in [0.15, 0.2) is 0 Å². The van der Waals surface area contributed by atoms with Crippen molar-refractivity contribution < 1.29 is 4.79 Å². The minimum absolute atomic E-state index is 0.168. The van der Waals surface area contributed by atoms with E-state index in [1.165, 1.54) is 11.1 Å². The number of nitrogens with zero attached hydrogens (tertiary/aromatic N) is 1. The highest BCUT2D eigenvalue weighted by molar-refractivity contribution is 6.04. The fourth-order valence-electron chi connectivity index (χ4n) is 2.45. The smallest absolute Gasteiger partial charge is 0.257 e. The Morgan fingerprint density at radius 2 is 1.71 bits per heavy atom. The van der Waals surface area contributed by atoms with Gasteiger partial charge in [0.2, 0.25) is 0 Å². The Labute approximate surface area is 141 Å². The van der Waals surface area contributed by atoms with Gasteiger partial charge in [0.1, 0.15) is 0 Å². The van der Waals surface area contributed by atoms with Crippen LogP contribution in [0, 0.1) is 13.8 Å². The fourth-order valence-corrected chi connectivity index (χ4v) is 2.45. The molecule has 1 amide bonds. The lowest BCUT2D eigenvalue weighted by atomic mass is 10.1. The van der Waals surface area contributed by atoms with Crippen LogP contribution in [0.3, 0.4) is 0 Å². The molecule has 0 radical (unpaired) electrons. The molecule has 4 nitrogen and oxygen atoms in total. The van der Waals surface area contributed by atoms with Crippen LogP contribution >= 0.6 is 0 Å². The third-order valence-corrected chi connectivity index (χ3v) is 3.73. The molecule has 3 aromatic rings. The Balaban J connectivity index is 1.68. The van der Waals surface area contributed by atoms with Crippen LogP contribution in [-0.2, 0) is 0 Å². The second-order valence-electron chi connectivity index (χ2n) is 5.72. The summed E-state index contributed by atoms with van der Waals surface area (Å²) in [7, 11) is 0.